The van der Waals surface area contributed by atoms with Crippen molar-refractivity contribution in [2.45, 2.75) is 52.6 Å². The Kier molecular flexibility index (Phi) is 7.23. The molecule has 166 valence electrons. The van der Waals surface area contributed by atoms with E-state index < -0.39 is 6.04 Å². The number of rotatable bonds is 8. The van der Waals surface area contributed by atoms with Crippen molar-refractivity contribution < 1.29 is 15.0 Å². The van der Waals surface area contributed by atoms with E-state index in [0.717, 1.165) is 30.0 Å². The van der Waals surface area contributed by atoms with E-state index in [1.807, 2.05) is 49.9 Å². The predicted molar refractivity (Wildman–Crippen MR) is 125 cm³/mol. The maximum absolute atomic E-state index is 12.8. The minimum Gasteiger partial charge on any atom is -0.508 e. The summed E-state index contributed by atoms with van der Waals surface area (Å²) in [6.07, 6.45) is 2.53. The fraction of sp³-hybridized carbons (Fsp3) is 0.400. The van der Waals surface area contributed by atoms with Crippen molar-refractivity contribution in [3.63, 3.8) is 0 Å². The zero-order chi connectivity index (χ0) is 22.5. The summed E-state index contributed by atoms with van der Waals surface area (Å²) < 4.78 is 0. The van der Waals surface area contributed by atoms with E-state index in [4.69, 9.17) is 0 Å². The van der Waals surface area contributed by atoms with Crippen LogP contribution in [0.3, 0.4) is 0 Å². The van der Waals surface area contributed by atoms with Gasteiger partial charge in [0.05, 0.1) is 0 Å². The molecule has 0 fully saturated rings. The third kappa shape index (κ3) is 4.85. The molecule has 1 unspecified atom stereocenters. The number of benzene rings is 2. The SMILES string of the molecule is CCNCc1ccc(N2C(c3cc(C(C)C)c(O)cc3O)=CCC2C(=O)NCC)cc1. The topological polar surface area (TPSA) is 84.8 Å². The van der Waals surface area contributed by atoms with Gasteiger partial charge in [-0.1, -0.05) is 39.0 Å². The van der Waals surface area contributed by atoms with Crippen LogP contribution in [0.4, 0.5) is 5.69 Å². The molecule has 0 radical (unpaired) electrons. The summed E-state index contributed by atoms with van der Waals surface area (Å²) in [5, 5.41) is 27.2. The second-order valence-electron chi connectivity index (χ2n) is 8.14. The molecular formula is C25H33N3O3. The molecule has 1 amide bonds. The minimum atomic E-state index is -0.398. The summed E-state index contributed by atoms with van der Waals surface area (Å²) in [7, 11) is 0. The molecule has 1 aliphatic heterocycles. The molecule has 2 aromatic rings. The van der Waals surface area contributed by atoms with E-state index in [-0.39, 0.29) is 23.3 Å². The number of aromatic hydroxyl groups is 2. The Balaban J connectivity index is 2.03. The van der Waals surface area contributed by atoms with Crippen LogP contribution >= 0.6 is 0 Å². The standard InChI is InChI=1S/C25H33N3O3/c1-5-26-15-17-7-9-18(10-8-17)28-21(11-12-22(28)25(31)27-6-2)20-13-19(16(3)4)23(29)14-24(20)30/h7-11,13-14,16,22,26,29-30H,5-6,12,15H2,1-4H3,(H,27,31). The Morgan fingerprint density at radius 3 is 2.42 bits per heavy atom. The number of hydrogen-bond donors (Lipinski definition) is 4. The van der Waals surface area contributed by atoms with Crippen LogP contribution in [0.1, 0.15) is 56.7 Å². The molecular weight excluding hydrogens is 390 g/mol. The first-order valence-electron chi connectivity index (χ1n) is 11.0. The number of anilines is 1. The Morgan fingerprint density at radius 2 is 1.81 bits per heavy atom. The van der Waals surface area contributed by atoms with Crippen LogP contribution in [0.15, 0.2) is 42.5 Å². The van der Waals surface area contributed by atoms with Gasteiger partial charge in [0.25, 0.3) is 0 Å². The van der Waals surface area contributed by atoms with Crippen molar-refractivity contribution in [3.8, 4) is 11.5 Å². The minimum absolute atomic E-state index is 0.00142. The number of carbonyl (C=O) groups excluding carboxylic acids is 1. The second-order valence-corrected chi connectivity index (χ2v) is 8.14. The van der Waals surface area contributed by atoms with Gasteiger partial charge in [-0.15, -0.1) is 0 Å². The van der Waals surface area contributed by atoms with Crippen molar-refractivity contribution in [1.82, 2.24) is 10.6 Å². The summed E-state index contributed by atoms with van der Waals surface area (Å²) in [5.74, 6) is 0.125. The molecule has 4 N–H and O–H groups in total. The number of amides is 1. The molecule has 0 saturated carbocycles. The molecule has 3 rings (SSSR count). The van der Waals surface area contributed by atoms with Crippen molar-refractivity contribution >= 4 is 17.3 Å². The molecule has 1 heterocycles. The Bertz CT molecular complexity index is 951. The van der Waals surface area contributed by atoms with Gasteiger partial charge >= 0.3 is 0 Å². The molecule has 6 heteroatoms. The molecule has 0 aromatic heterocycles. The number of hydrogen-bond acceptors (Lipinski definition) is 5. The third-order valence-corrected chi connectivity index (χ3v) is 5.60. The van der Waals surface area contributed by atoms with Crippen LogP contribution in [0.2, 0.25) is 0 Å². The van der Waals surface area contributed by atoms with Crippen molar-refractivity contribution in [3.05, 3.63) is 59.2 Å². The van der Waals surface area contributed by atoms with Crippen LogP contribution < -0.4 is 15.5 Å². The van der Waals surface area contributed by atoms with E-state index in [9.17, 15) is 15.0 Å². The van der Waals surface area contributed by atoms with Gasteiger partial charge in [0.1, 0.15) is 17.5 Å². The number of likely N-dealkylation sites (N-methyl/N-ethyl adjacent to an activating group) is 1. The lowest BCUT2D eigenvalue weighted by atomic mass is 9.97. The molecule has 6 nitrogen and oxygen atoms in total. The van der Waals surface area contributed by atoms with Gasteiger partial charge < -0.3 is 25.7 Å². The Hall–Kier alpha value is -2.99. The maximum Gasteiger partial charge on any atom is 0.243 e. The van der Waals surface area contributed by atoms with Gasteiger partial charge in [0.2, 0.25) is 5.91 Å². The highest BCUT2D eigenvalue weighted by molar-refractivity contribution is 5.96. The maximum atomic E-state index is 12.8. The number of carbonyl (C=O) groups is 1. The zero-order valence-electron chi connectivity index (χ0n) is 18.8. The van der Waals surface area contributed by atoms with E-state index >= 15 is 0 Å². The number of phenolic OH excluding ortho intramolecular Hbond substituents is 2. The molecule has 2 aromatic carbocycles. The monoisotopic (exact) mass is 423 g/mol. The molecule has 31 heavy (non-hydrogen) atoms. The number of nitrogens with one attached hydrogen (secondary N) is 2. The molecule has 0 aliphatic carbocycles. The van der Waals surface area contributed by atoms with Crippen molar-refractivity contribution in [2.24, 2.45) is 0 Å². The molecule has 0 spiro atoms. The predicted octanol–water partition coefficient (Wildman–Crippen LogP) is 4.09. The highest BCUT2D eigenvalue weighted by atomic mass is 16.3. The zero-order valence-corrected chi connectivity index (χ0v) is 18.8. The van der Waals surface area contributed by atoms with Crippen LogP contribution in [0, 0.1) is 0 Å². The van der Waals surface area contributed by atoms with Gasteiger partial charge in [-0.25, -0.2) is 0 Å². The Labute approximate surface area is 184 Å². The Morgan fingerprint density at radius 1 is 1.10 bits per heavy atom. The van der Waals surface area contributed by atoms with Gasteiger partial charge in [0, 0.05) is 36.1 Å². The average Bonchev–Trinajstić information content (AvgIpc) is 3.17. The average molecular weight is 424 g/mol. The van der Waals surface area contributed by atoms with Gasteiger partial charge in [-0.05, 0) is 55.1 Å². The second kappa shape index (κ2) is 9.88. The summed E-state index contributed by atoms with van der Waals surface area (Å²) in [4.78, 5) is 14.8. The van der Waals surface area contributed by atoms with Gasteiger partial charge in [-0.2, -0.15) is 0 Å². The van der Waals surface area contributed by atoms with E-state index in [2.05, 4.69) is 29.7 Å². The smallest absolute Gasteiger partial charge is 0.243 e. The van der Waals surface area contributed by atoms with Crippen LogP contribution in [0.25, 0.3) is 5.70 Å². The van der Waals surface area contributed by atoms with Crippen LogP contribution in [-0.2, 0) is 11.3 Å². The fourth-order valence-electron chi connectivity index (χ4n) is 3.98. The van der Waals surface area contributed by atoms with E-state index in [1.165, 1.54) is 11.6 Å². The van der Waals surface area contributed by atoms with Gasteiger partial charge in [0.15, 0.2) is 0 Å². The summed E-state index contributed by atoms with van der Waals surface area (Å²) in [6, 6.07) is 11.0. The molecule has 1 aliphatic rings. The first kappa shape index (κ1) is 22.7. The summed E-state index contributed by atoms with van der Waals surface area (Å²) in [6.45, 7) is 10.2. The molecule has 0 saturated heterocycles. The normalized spacial score (nSPS) is 16.0. The summed E-state index contributed by atoms with van der Waals surface area (Å²) in [5.41, 5.74) is 4.20. The van der Waals surface area contributed by atoms with Crippen LogP contribution in [0.5, 0.6) is 11.5 Å². The fourth-order valence-corrected chi connectivity index (χ4v) is 3.98. The van der Waals surface area contributed by atoms with Gasteiger partial charge in [-0.3, -0.25) is 4.79 Å². The molecule has 1 atom stereocenters. The van der Waals surface area contributed by atoms with E-state index in [0.29, 0.717) is 18.5 Å². The van der Waals surface area contributed by atoms with Crippen LogP contribution in [-0.4, -0.2) is 35.3 Å². The number of nitrogens with zero attached hydrogens (tertiary/aromatic N) is 1. The highest BCUT2D eigenvalue weighted by Gasteiger charge is 2.34. The van der Waals surface area contributed by atoms with Crippen molar-refractivity contribution in [1.29, 1.82) is 0 Å². The lowest BCUT2D eigenvalue weighted by molar-refractivity contribution is -0.121. The lowest BCUT2D eigenvalue weighted by Crippen LogP contribution is -2.43. The number of phenols is 2. The largest absolute Gasteiger partial charge is 0.508 e. The lowest BCUT2D eigenvalue weighted by Gasteiger charge is -2.30. The quantitative estimate of drug-likeness (QED) is 0.514. The van der Waals surface area contributed by atoms with Crippen molar-refractivity contribution in [2.75, 3.05) is 18.0 Å². The molecule has 0 bridgehead atoms. The first-order chi connectivity index (χ1) is 14.9. The summed E-state index contributed by atoms with van der Waals surface area (Å²) >= 11 is 0. The third-order valence-electron chi connectivity index (χ3n) is 5.60. The van der Waals surface area contributed by atoms with E-state index in [1.54, 1.807) is 0 Å². The highest BCUT2D eigenvalue weighted by Crippen LogP contribution is 2.42. The first-order valence-corrected chi connectivity index (χ1v) is 11.0.